The van der Waals surface area contributed by atoms with Crippen molar-refractivity contribution in [2.75, 3.05) is 7.11 Å². The van der Waals surface area contributed by atoms with Crippen LogP contribution < -0.4 is 4.74 Å². The molecule has 0 N–H and O–H groups in total. The Morgan fingerprint density at radius 3 is 2.23 bits per heavy atom. The Labute approximate surface area is 81.7 Å². The predicted molar refractivity (Wildman–Crippen MR) is 58.3 cm³/mol. The topological polar surface area (TPSA) is 9.23 Å². The Hall–Kier alpha value is -0.980. The summed E-state index contributed by atoms with van der Waals surface area (Å²) in [6.07, 6.45) is 3.71. The summed E-state index contributed by atoms with van der Waals surface area (Å²) in [5.41, 5.74) is 1.40. The van der Waals surface area contributed by atoms with Gasteiger partial charge < -0.3 is 4.74 Å². The zero-order valence-electron chi connectivity index (χ0n) is 7.84. The van der Waals surface area contributed by atoms with E-state index in [1.165, 1.54) is 24.8 Å². The van der Waals surface area contributed by atoms with E-state index < -0.39 is 0 Å². The largest absolute Gasteiger partial charge is 0.497 e. The second-order valence-corrected chi connectivity index (χ2v) is 2.95. The third-order valence-corrected chi connectivity index (χ3v) is 1.98. The molecule has 1 aromatic carbocycles. The van der Waals surface area contributed by atoms with Gasteiger partial charge in [0, 0.05) is 0 Å². The summed E-state index contributed by atoms with van der Waals surface area (Å²) < 4.78 is 5.07. The van der Waals surface area contributed by atoms with Crippen molar-refractivity contribution in [2.24, 2.45) is 0 Å². The van der Waals surface area contributed by atoms with E-state index in [1.54, 1.807) is 7.11 Å². The Morgan fingerprint density at radius 1 is 1.15 bits per heavy atom. The summed E-state index contributed by atoms with van der Waals surface area (Å²) in [4.78, 5) is 0. The fraction of sp³-hybridized carbons (Fsp3) is 0.500. The molecule has 0 bridgehead atoms. The number of rotatable bonds is 4. The van der Waals surface area contributed by atoms with Crippen molar-refractivity contribution in [1.29, 1.82) is 0 Å². The third kappa shape index (κ3) is 3.97. The van der Waals surface area contributed by atoms with E-state index >= 15 is 0 Å². The molecule has 0 aromatic heterocycles. The highest BCUT2D eigenvalue weighted by Gasteiger charge is 1.92. The number of unbranched alkanes of at least 4 members (excludes halogenated alkanes) is 1. The normalized spacial score (nSPS) is 9.08. The molecule has 1 aromatic rings. The van der Waals surface area contributed by atoms with Crippen LogP contribution in [0.2, 0.25) is 0 Å². The number of hydrogen-bond donors (Lipinski definition) is 0. The summed E-state index contributed by atoms with van der Waals surface area (Å²) in [5.74, 6) is 0.940. The Bertz CT molecular complexity index is 213. The van der Waals surface area contributed by atoms with Crippen LogP contribution in [0.5, 0.6) is 5.75 Å². The first-order valence-corrected chi connectivity index (χ1v) is 4.49. The Kier molecular flexibility index (Phi) is 6.03. The van der Waals surface area contributed by atoms with Crippen LogP contribution >= 0.6 is 0 Å². The molecule has 0 atom stereocenters. The molecule has 1 nitrogen and oxygen atoms in total. The van der Waals surface area contributed by atoms with Crippen molar-refractivity contribution in [1.82, 2.24) is 0 Å². The summed E-state index contributed by atoms with van der Waals surface area (Å²) in [5, 5.41) is 0. The maximum absolute atomic E-state index is 5.07. The van der Waals surface area contributed by atoms with E-state index in [4.69, 9.17) is 4.74 Å². The van der Waals surface area contributed by atoms with Gasteiger partial charge in [-0.2, -0.15) is 0 Å². The Balaban J connectivity index is 0.00000144. The lowest BCUT2D eigenvalue weighted by Crippen LogP contribution is -1.86. The van der Waals surface area contributed by atoms with Gasteiger partial charge in [-0.15, -0.1) is 0 Å². The van der Waals surface area contributed by atoms with Gasteiger partial charge in [-0.25, -0.2) is 0 Å². The molecule has 1 rings (SSSR count). The molecule has 0 amide bonds. The van der Waals surface area contributed by atoms with Crippen LogP contribution in [0, 0.1) is 0 Å². The van der Waals surface area contributed by atoms with Crippen molar-refractivity contribution in [3.05, 3.63) is 29.8 Å². The molecule has 0 saturated carbocycles. The summed E-state index contributed by atoms with van der Waals surface area (Å²) in [6.45, 7) is 2.21. The van der Waals surface area contributed by atoms with Gasteiger partial charge in [0.25, 0.3) is 0 Å². The molecule has 0 spiro atoms. The highest BCUT2D eigenvalue weighted by molar-refractivity contribution is 5.27. The second-order valence-electron chi connectivity index (χ2n) is 2.95. The SMILES string of the molecule is C.CCCCc1ccc(OC)cc1. The fourth-order valence-corrected chi connectivity index (χ4v) is 1.17. The zero-order chi connectivity index (χ0) is 8.81. The lowest BCUT2D eigenvalue weighted by Gasteiger charge is -2.01. The zero-order valence-corrected chi connectivity index (χ0v) is 7.84. The molecule has 1 heteroatoms. The van der Waals surface area contributed by atoms with Crippen molar-refractivity contribution < 1.29 is 4.74 Å². The van der Waals surface area contributed by atoms with E-state index in [2.05, 4.69) is 19.1 Å². The highest BCUT2D eigenvalue weighted by Crippen LogP contribution is 2.12. The number of aryl methyl sites for hydroxylation is 1. The van der Waals surface area contributed by atoms with Gasteiger partial charge in [0.1, 0.15) is 5.75 Å². The summed E-state index contributed by atoms with van der Waals surface area (Å²) in [6, 6.07) is 8.30. The van der Waals surface area contributed by atoms with Crippen LogP contribution in [0.3, 0.4) is 0 Å². The summed E-state index contributed by atoms with van der Waals surface area (Å²) >= 11 is 0. The molecular formula is C12H20O. The fourth-order valence-electron chi connectivity index (χ4n) is 1.17. The standard InChI is InChI=1S/C11H16O.CH4/c1-3-4-5-10-6-8-11(12-2)9-7-10;/h6-9H,3-5H2,1-2H3;1H4. The van der Waals surface area contributed by atoms with Gasteiger partial charge in [0.2, 0.25) is 0 Å². The second kappa shape index (κ2) is 6.53. The Morgan fingerprint density at radius 2 is 1.77 bits per heavy atom. The predicted octanol–water partition coefficient (Wildman–Crippen LogP) is 3.67. The number of benzene rings is 1. The van der Waals surface area contributed by atoms with Gasteiger partial charge in [-0.1, -0.05) is 32.9 Å². The molecule has 0 aliphatic carbocycles. The van der Waals surface area contributed by atoms with Crippen molar-refractivity contribution in [3.63, 3.8) is 0 Å². The van der Waals surface area contributed by atoms with Gasteiger partial charge in [0.15, 0.2) is 0 Å². The quantitative estimate of drug-likeness (QED) is 0.687. The van der Waals surface area contributed by atoms with E-state index in [0.717, 1.165) is 5.75 Å². The minimum atomic E-state index is 0. The molecule has 0 heterocycles. The number of methoxy groups -OCH3 is 1. The first-order chi connectivity index (χ1) is 5.86. The molecule has 0 aliphatic rings. The molecule has 0 saturated heterocycles. The van der Waals surface area contributed by atoms with E-state index in [-0.39, 0.29) is 7.43 Å². The van der Waals surface area contributed by atoms with Crippen LogP contribution in [0.15, 0.2) is 24.3 Å². The van der Waals surface area contributed by atoms with Crippen LogP contribution in [-0.2, 0) is 6.42 Å². The van der Waals surface area contributed by atoms with Gasteiger partial charge in [-0.05, 0) is 30.5 Å². The van der Waals surface area contributed by atoms with Crippen LogP contribution in [0.1, 0.15) is 32.8 Å². The average Bonchev–Trinajstić information content (AvgIpc) is 2.15. The van der Waals surface area contributed by atoms with E-state index in [9.17, 15) is 0 Å². The molecule has 0 unspecified atom stereocenters. The molecule has 0 radical (unpaired) electrons. The highest BCUT2D eigenvalue weighted by atomic mass is 16.5. The first kappa shape index (κ1) is 12.0. The van der Waals surface area contributed by atoms with Gasteiger partial charge in [-0.3, -0.25) is 0 Å². The van der Waals surface area contributed by atoms with E-state index in [1.807, 2.05) is 12.1 Å². The van der Waals surface area contributed by atoms with Crippen LogP contribution in [0.4, 0.5) is 0 Å². The molecule has 13 heavy (non-hydrogen) atoms. The monoisotopic (exact) mass is 180 g/mol. The van der Waals surface area contributed by atoms with Crippen molar-refractivity contribution in [2.45, 2.75) is 33.6 Å². The summed E-state index contributed by atoms with van der Waals surface area (Å²) in [7, 11) is 1.70. The number of hydrogen-bond acceptors (Lipinski definition) is 1. The van der Waals surface area contributed by atoms with Gasteiger partial charge in [0.05, 0.1) is 7.11 Å². The molecule has 0 aliphatic heterocycles. The minimum Gasteiger partial charge on any atom is -0.497 e. The van der Waals surface area contributed by atoms with Crippen LogP contribution in [-0.4, -0.2) is 7.11 Å². The van der Waals surface area contributed by atoms with Crippen LogP contribution in [0.25, 0.3) is 0 Å². The molecule has 74 valence electrons. The number of ether oxygens (including phenoxy) is 1. The lowest BCUT2D eigenvalue weighted by atomic mass is 10.1. The maximum atomic E-state index is 5.07. The first-order valence-electron chi connectivity index (χ1n) is 4.49. The molecular weight excluding hydrogens is 160 g/mol. The van der Waals surface area contributed by atoms with E-state index in [0.29, 0.717) is 0 Å². The molecule has 0 fully saturated rings. The van der Waals surface area contributed by atoms with Crippen molar-refractivity contribution in [3.8, 4) is 5.75 Å². The minimum absolute atomic E-state index is 0. The van der Waals surface area contributed by atoms with Gasteiger partial charge >= 0.3 is 0 Å². The average molecular weight is 180 g/mol. The smallest absolute Gasteiger partial charge is 0.118 e. The maximum Gasteiger partial charge on any atom is 0.118 e. The third-order valence-electron chi connectivity index (χ3n) is 1.98. The van der Waals surface area contributed by atoms with Crippen molar-refractivity contribution >= 4 is 0 Å². The lowest BCUT2D eigenvalue weighted by molar-refractivity contribution is 0.414.